The molecule has 1 aromatic carbocycles. The van der Waals surface area contributed by atoms with Gasteiger partial charge < -0.3 is 14.8 Å². The van der Waals surface area contributed by atoms with Crippen LogP contribution in [0.2, 0.25) is 5.02 Å². The molecule has 0 aliphatic carbocycles. The molecule has 0 aromatic heterocycles. The Kier molecular flexibility index (Phi) is 5.10. The second kappa shape index (κ2) is 6.35. The van der Waals surface area contributed by atoms with E-state index >= 15 is 0 Å². The molecule has 0 aliphatic heterocycles. The second-order valence-electron chi connectivity index (χ2n) is 3.74. The van der Waals surface area contributed by atoms with E-state index in [0.29, 0.717) is 16.5 Å². The van der Waals surface area contributed by atoms with Gasteiger partial charge in [-0.25, -0.2) is 0 Å². The molecule has 0 unspecified atom stereocenters. The first-order chi connectivity index (χ1) is 8.02. The largest absolute Gasteiger partial charge is 0.495 e. The van der Waals surface area contributed by atoms with Gasteiger partial charge in [0.25, 0.3) is 0 Å². The fraction of sp³-hybridized carbons (Fsp3) is 0.417. The highest BCUT2D eigenvalue weighted by atomic mass is 35.5. The average Bonchev–Trinajstić information content (AvgIpc) is 2.25. The van der Waals surface area contributed by atoms with Crippen molar-refractivity contribution in [2.24, 2.45) is 0 Å². The highest BCUT2D eigenvalue weighted by Crippen LogP contribution is 2.27. The zero-order chi connectivity index (χ0) is 12.8. The lowest BCUT2D eigenvalue weighted by Gasteiger charge is -2.12. The molecule has 0 atom stereocenters. The maximum atomic E-state index is 11.4. The Labute approximate surface area is 106 Å². The Morgan fingerprint density at radius 2 is 2.18 bits per heavy atom. The number of halogens is 1. The van der Waals surface area contributed by atoms with E-state index < -0.39 is 0 Å². The third-order valence-corrected chi connectivity index (χ3v) is 2.19. The SMILES string of the molecule is COc1ccc(Cl)cc1NCC(=O)OC(C)C. The lowest BCUT2D eigenvalue weighted by atomic mass is 10.3. The third-order valence-electron chi connectivity index (χ3n) is 1.95. The highest BCUT2D eigenvalue weighted by Gasteiger charge is 2.08. The van der Waals surface area contributed by atoms with Crippen LogP contribution in [0.1, 0.15) is 13.8 Å². The van der Waals surface area contributed by atoms with E-state index in [4.69, 9.17) is 21.1 Å². The molecule has 0 saturated heterocycles. The third kappa shape index (κ3) is 4.53. The van der Waals surface area contributed by atoms with Crippen LogP contribution >= 0.6 is 11.6 Å². The normalized spacial score (nSPS) is 10.2. The van der Waals surface area contributed by atoms with Gasteiger partial charge in [0, 0.05) is 5.02 Å². The maximum Gasteiger partial charge on any atom is 0.325 e. The van der Waals surface area contributed by atoms with Gasteiger partial charge >= 0.3 is 5.97 Å². The molecule has 0 heterocycles. The van der Waals surface area contributed by atoms with Crippen LogP contribution in [-0.2, 0) is 9.53 Å². The fourth-order valence-corrected chi connectivity index (χ4v) is 1.46. The summed E-state index contributed by atoms with van der Waals surface area (Å²) in [5.74, 6) is 0.314. The first-order valence-electron chi connectivity index (χ1n) is 5.30. The molecule has 0 fully saturated rings. The van der Waals surface area contributed by atoms with Crippen molar-refractivity contribution in [3.05, 3.63) is 23.2 Å². The summed E-state index contributed by atoms with van der Waals surface area (Å²) in [6.07, 6.45) is -0.120. The van der Waals surface area contributed by atoms with Crippen LogP contribution in [0, 0.1) is 0 Å². The van der Waals surface area contributed by atoms with Crippen molar-refractivity contribution < 1.29 is 14.3 Å². The predicted octanol–water partition coefficient (Wildman–Crippen LogP) is 2.71. The Bertz CT molecular complexity index is 393. The van der Waals surface area contributed by atoms with Gasteiger partial charge in [0.2, 0.25) is 0 Å². The number of hydrogen-bond donors (Lipinski definition) is 1. The van der Waals surface area contributed by atoms with Gasteiger partial charge in [0.15, 0.2) is 0 Å². The number of methoxy groups -OCH3 is 1. The molecule has 0 saturated carbocycles. The van der Waals surface area contributed by atoms with Crippen molar-refractivity contribution in [3.63, 3.8) is 0 Å². The quantitative estimate of drug-likeness (QED) is 0.824. The molecule has 4 nitrogen and oxygen atoms in total. The van der Waals surface area contributed by atoms with Gasteiger partial charge in [-0.15, -0.1) is 0 Å². The van der Waals surface area contributed by atoms with Crippen molar-refractivity contribution >= 4 is 23.3 Å². The van der Waals surface area contributed by atoms with Crippen LogP contribution in [0.5, 0.6) is 5.75 Å². The number of carbonyl (C=O) groups is 1. The Balaban J connectivity index is 2.62. The van der Waals surface area contributed by atoms with Gasteiger partial charge in [-0.3, -0.25) is 4.79 Å². The number of anilines is 1. The summed E-state index contributed by atoms with van der Waals surface area (Å²) in [6, 6.07) is 5.15. The van der Waals surface area contributed by atoms with Crippen LogP contribution in [0.25, 0.3) is 0 Å². The first-order valence-corrected chi connectivity index (χ1v) is 5.67. The standard InChI is InChI=1S/C12H16ClNO3/c1-8(2)17-12(15)7-14-10-6-9(13)4-5-11(10)16-3/h4-6,8,14H,7H2,1-3H3. The van der Waals surface area contributed by atoms with Crippen LogP contribution in [0.3, 0.4) is 0 Å². The van der Waals surface area contributed by atoms with Crippen LogP contribution in [0.4, 0.5) is 5.69 Å². The zero-order valence-corrected chi connectivity index (χ0v) is 10.9. The summed E-state index contributed by atoms with van der Waals surface area (Å²) in [5.41, 5.74) is 0.667. The molecule has 0 bridgehead atoms. The summed E-state index contributed by atoms with van der Waals surface area (Å²) >= 11 is 5.86. The van der Waals surface area contributed by atoms with E-state index in [2.05, 4.69) is 5.32 Å². The van der Waals surface area contributed by atoms with E-state index in [1.807, 2.05) is 0 Å². The number of rotatable bonds is 5. The minimum absolute atomic E-state index is 0.0783. The van der Waals surface area contributed by atoms with E-state index in [0.717, 1.165) is 0 Å². The van der Waals surface area contributed by atoms with Crippen molar-refractivity contribution in [3.8, 4) is 5.75 Å². The molecule has 0 aliphatic rings. The molecule has 17 heavy (non-hydrogen) atoms. The Morgan fingerprint density at radius 3 is 2.76 bits per heavy atom. The summed E-state index contributed by atoms with van der Waals surface area (Å²) in [5, 5.41) is 3.50. The predicted molar refractivity (Wildman–Crippen MR) is 67.7 cm³/mol. The Hall–Kier alpha value is -1.42. The molecule has 1 aromatic rings. The van der Waals surface area contributed by atoms with Gasteiger partial charge in [0.1, 0.15) is 12.3 Å². The number of nitrogens with one attached hydrogen (secondary N) is 1. The van der Waals surface area contributed by atoms with Crippen molar-refractivity contribution in [1.29, 1.82) is 0 Å². The van der Waals surface area contributed by atoms with Crippen molar-refractivity contribution in [2.45, 2.75) is 20.0 Å². The molecule has 5 heteroatoms. The van der Waals surface area contributed by atoms with Gasteiger partial charge in [-0.1, -0.05) is 11.6 Å². The monoisotopic (exact) mass is 257 g/mol. The van der Waals surface area contributed by atoms with Gasteiger partial charge in [-0.2, -0.15) is 0 Å². The first kappa shape index (κ1) is 13.6. The maximum absolute atomic E-state index is 11.4. The lowest BCUT2D eigenvalue weighted by Crippen LogP contribution is -2.20. The smallest absolute Gasteiger partial charge is 0.325 e. The fourth-order valence-electron chi connectivity index (χ4n) is 1.29. The minimum atomic E-state index is -0.318. The lowest BCUT2D eigenvalue weighted by molar-refractivity contribution is -0.145. The molecular formula is C12H16ClNO3. The summed E-state index contributed by atoms with van der Waals surface area (Å²) in [4.78, 5) is 11.4. The number of ether oxygens (including phenoxy) is 2. The highest BCUT2D eigenvalue weighted by molar-refractivity contribution is 6.30. The molecule has 1 N–H and O–H groups in total. The Morgan fingerprint density at radius 1 is 1.47 bits per heavy atom. The number of esters is 1. The molecule has 0 radical (unpaired) electrons. The average molecular weight is 258 g/mol. The van der Waals surface area contributed by atoms with Crippen LogP contribution in [0.15, 0.2) is 18.2 Å². The van der Waals surface area contributed by atoms with E-state index in [1.165, 1.54) is 0 Å². The topological polar surface area (TPSA) is 47.6 Å². The van der Waals surface area contributed by atoms with Crippen LogP contribution in [-0.4, -0.2) is 25.7 Å². The number of benzene rings is 1. The van der Waals surface area contributed by atoms with Gasteiger partial charge in [-0.05, 0) is 32.0 Å². The minimum Gasteiger partial charge on any atom is -0.495 e. The van der Waals surface area contributed by atoms with Crippen molar-refractivity contribution in [1.82, 2.24) is 0 Å². The summed E-state index contributed by atoms with van der Waals surface area (Å²) < 4.78 is 10.1. The number of hydrogen-bond acceptors (Lipinski definition) is 4. The zero-order valence-electron chi connectivity index (χ0n) is 10.1. The summed E-state index contributed by atoms with van der Waals surface area (Å²) in [6.45, 7) is 3.69. The number of carbonyl (C=O) groups excluding carboxylic acids is 1. The summed E-state index contributed by atoms with van der Waals surface area (Å²) in [7, 11) is 1.56. The molecule has 1 rings (SSSR count). The van der Waals surface area contributed by atoms with E-state index in [1.54, 1.807) is 39.2 Å². The van der Waals surface area contributed by atoms with E-state index in [-0.39, 0.29) is 18.6 Å². The van der Waals surface area contributed by atoms with Gasteiger partial charge in [0.05, 0.1) is 18.9 Å². The van der Waals surface area contributed by atoms with E-state index in [9.17, 15) is 4.79 Å². The molecule has 0 amide bonds. The molecule has 0 spiro atoms. The van der Waals surface area contributed by atoms with Crippen molar-refractivity contribution in [2.75, 3.05) is 19.0 Å². The molecular weight excluding hydrogens is 242 g/mol. The second-order valence-corrected chi connectivity index (χ2v) is 4.17. The van der Waals surface area contributed by atoms with Crippen LogP contribution < -0.4 is 10.1 Å². The molecule has 94 valence electrons.